The highest BCUT2D eigenvalue weighted by Gasteiger charge is 2.10. The molecule has 0 amide bonds. The minimum absolute atomic E-state index is 0.188. The third-order valence-electron chi connectivity index (χ3n) is 2.62. The summed E-state index contributed by atoms with van der Waals surface area (Å²) in [5.41, 5.74) is 1.07. The number of allylic oxidation sites excluding steroid dienone is 1. The number of ether oxygens (including phenoxy) is 1. The summed E-state index contributed by atoms with van der Waals surface area (Å²) in [4.78, 5) is 0. The van der Waals surface area contributed by atoms with Gasteiger partial charge in [-0.05, 0) is 37.1 Å². The van der Waals surface area contributed by atoms with Gasteiger partial charge in [0.05, 0.1) is 0 Å². The van der Waals surface area contributed by atoms with Gasteiger partial charge < -0.3 is 10.1 Å². The molecule has 0 aliphatic rings. The average Bonchev–Trinajstić information content (AvgIpc) is 2.35. The van der Waals surface area contributed by atoms with Crippen LogP contribution in [0.5, 0.6) is 5.75 Å². The lowest BCUT2D eigenvalue weighted by Gasteiger charge is -2.18. The third kappa shape index (κ3) is 4.84. The second kappa shape index (κ2) is 7.82. The molecular weight excluding hydrogens is 236 g/mol. The lowest BCUT2D eigenvalue weighted by molar-refractivity contribution is -0.0498. The van der Waals surface area contributed by atoms with Gasteiger partial charge in [-0.2, -0.15) is 8.78 Å². The quantitative estimate of drug-likeness (QED) is 0.711. The maximum Gasteiger partial charge on any atom is 0.387 e. The molecule has 1 N–H and O–H groups in total. The molecule has 1 aromatic carbocycles. The van der Waals surface area contributed by atoms with Crippen molar-refractivity contribution >= 4 is 0 Å². The van der Waals surface area contributed by atoms with E-state index in [0.717, 1.165) is 24.9 Å². The Hall–Kier alpha value is -1.42. The zero-order valence-electron chi connectivity index (χ0n) is 10.5. The van der Waals surface area contributed by atoms with Crippen LogP contribution in [0.25, 0.3) is 0 Å². The zero-order chi connectivity index (χ0) is 13.4. The molecule has 0 radical (unpaired) electrons. The second-order valence-corrected chi connectivity index (χ2v) is 3.92. The molecule has 100 valence electrons. The summed E-state index contributed by atoms with van der Waals surface area (Å²) in [5, 5.41) is 3.36. The fourth-order valence-corrected chi connectivity index (χ4v) is 1.80. The van der Waals surface area contributed by atoms with Crippen molar-refractivity contribution < 1.29 is 13.5 Å². The van der Waals surface area contributed by atoms with Crippen molar-refractivity contribution in [3.05, 3.63) is 42.5 Å². The first kappa shape index (κ1) is 14.6. The first-order chi connectivity index (χ1) is 8.67. The Balaban J connectivity index is 2.69. The normalized spacial score (nSPS) is 12.4. The minimum Gasteiger partial charge on any atom is -0.435 e. The van der Waals surface area contributed by atoms with E-state index in [-0.39, 0.29) is 11.8 Å². The number of alkyl halides is 2. The maximum absolute atomic E-state index is 12.0. The summed E-state index contributed by atoms with van der Waals surface area (Å²) in [5.74, 6) is 0.188. The van der Waals surface area contributed by atoms with E-state index >= 15 is 0 Å². The van der Waals surface area contributed by atoms with E-state index in [1.807, 2.05) is 25.1 Å². The van der Waals surface area contributed by atoms with Gasteiger partial charge in [0.1, 0.15) is 5.75 Å². The van der Waals surface area contributed by atoms with Gasteiger partial charge >= 0.3 is 6.61 Å². The molecule has 0 aliphatic heterocycles. The van der Waals surface area contributed by atoms with Gasteiger partial charge in [0.25, 0.3) is 0 Å². The highest BCUT2D eigenvalue weighted by Crippen LogP contribution is 2.22. The predicted octanol–water partition coefficient (Wildman–Crippen LogP) is 3.90. The van der Waals surface area contributed by atoms with E-state index < -0.39 is 6.61 Å². The number of hydrogen-bond donors (Lipinski definition) is 1. The Bertz CT molecular complexity index is 351. The largest absolute Gasteiger partial charge is 0.435 e. The number of rotatable bonds is 8. The van der Waals surface area contributed by atoms with Crippen molar-refractivity contribution in [2.45, 2.75) is 32.4 Å². The molecule has 0 bridgehead atoms. The van der Waals surface area contributed by atoms with Crippen LogP contribution in [0.4, 0.5) is 8.78 Å². The Morgan fingerprint density at radius 2 is 2.00 bits per heavy atom. The van der Waals surface area contributed by atoms with Crippen molar-refractivity contribution in [1.82, 2.24) is 5.32 Å². The van der Waals surface area contributed by atoms with Gasteiger partial charge in [-0.15, -0.1) is 6.58 Å². The molecule has 0 saturated heterocycles. The molecule has 0 saturated carbocycles. The molecule has 1 aromatic rings. The standard InChI is InChI=1S/C14H19F2NO/c1-3-5-6-13(17-4-2)11-7-9-12(10-8-11)18-14(15)16/h3,7-10,13-14,17H,1,4-6H2,2H3. The van der Waals surface area contributed by atoms with E-state index in [1.54, 1.807) is 12.1 Å². The second-order valence-electron chi connectivity index (χ2n) is 3.92. The Morgan fingerprint density at radius 3 is 2.50 bits per heavy atom. The Labute approximate surface area is 107 Å². The lowest BCUT2D eigenvalue weighted by Crippen LogP contribution is -2.20. The molecular formula is C14H19F2NO. The predicted molar refractivity (Wildman–Crippen MR) is 68.9 cm³/mol. The molecule has 1 atom stereocenters. The SMILES string of the molecule is C=CCCC(NCC)c1ccc(OC(F)F)cc1. The van der Waals surface area contributed by atoms with Gasteiger partial charge in [0, 0.05) is 6.04 Å². The Morgan fingerprint density at radius 1 is 1.33 bits per heavy atom. The molecule has 2 nitrogen and oxygen atoms in total. The van der Waals surface area contributed by atoms with Crippen LogP contribution in [0.15, 0.2) is 36.9 Å². The fourth-order valence-electron chi connectivity index (χ4n) is 1.80. The van der Waals surface area contributed by atoms with E-state index in [9.17, 15) is 8.78 Å². The number of nitrogens with one attached hydrogen (secondary N) is 1. The fraction of sp³-hybridized carbons (Fsp3) is 0.429. The first-order valence-electron chi connectivity index (χ1n) is 6.06. The number of hydrogen-bond acceptors (Lipinski definition) is 2. The van der Waals surface area contributed by atoms with Gasteiger partial charge in [0.2, 0.25) is 0 Å². The smallest absolute Gasteiger partial charge is 0.387 e. The van der Waals surface area contributed by atoms with Crippen LogP contribution in [0.1, 0.15) is 31.4 Å². The summed E-state index contributed by atoms with van der Waals surface area (Å²) in [7, 11) is 0. The lowest BCUT2D eigenvalue weighted by atomic mass is 10.0. The van der Waals surface area contributed by atoms with Crippen molar-refractivity contribution in [2.75, 3.05) is 6.54 Å². The van der Waals surface area contributed by atoms with Crippen LogP contribution in [0.2, 0.25) is 0 Å². The monoisotopic (exact) mass is 255 g/mol. The van der Waals surface area contributed by atoms with Crippen LogP contribution >= 0.6 is 0 Å². The molecule has 1 rings (SSSR count). The topological polar surface area (TPSA) is 21.3 Å². The molecule has 0 fully saturated rings. The van der Waals surface area contributed by atoms with Crippen molar-refractivity contribution in [1.29, 1.82) is 0 Å². The molecule has 1 unspecified atom stereocenters. The van der Waals surface area contributed by atoms with Crippen LogP contribution in [-0.4, -0.2) is 13.2 Å². The maximum atomic E-state index is 12.0. The molecule has 0 heterocycles. The number of benzene rings is 1. The van der Waals surface area contributed by atoms with Gasteiger partial charge in [0.15, 0.2) is 0 Å². The van der Waals surface area contributed by atoms with E-state index in [1.165, 1.54) is 0 Å². The van der Waals surface area contributed by atoms with Gasteiger partial charge in [-0.3, -0.25) is 0 Å². The molecule has 4 heteroatoms. The zero-order valence-corrected chi connectivity index (χ0v) is 10.5. The summed E-state index contributed by atoms with van der Waals surface area (Å²) in [6, 6.07) is 6.98. The van der Waals surface area contributed by atoms with Crippen molar-refractivity contribution in [3.63, 3.8) is 0 Å². The summed E-state index contributed by atoms with van der Waals surface area (Å²) >= 11 is 0. The first-order valence-corrected chi connectivity index (χ1v) is 6.06. The van der Waals surface area contributed by atoms with Gasteiger partial charge in [-0.25, -0.2) is 0 Å². The van der Waals surface area contributed by atoms with Crippen LogP contribution in [-0.2, 0) is 0 Å². The molecule has 0 aromatic heterocycles. The molecule has 18 heavy (non-hydrogen) atoms. The molecule has 0 spiro atoms. The van der Waals surface area contributed by atoms with Crippen molar-refractivity contribution in [2.24, 2.45) is 0 Å². The van der Waals surface area contributed by atoms with Crippen molar-refractivity contribution in [3.8, 4) is 5.75 Å². The third-order valence-corrected chi connectivity index (χ3v) is 2.62. The highest BCUT2D eigenvalue weighted by molar-refractivity contribution is 5.29. The molecule has 0 aliphatic carbocycles. The van der Waals surface area contributed by atoms with E-state index in [0.29, 0.717) is 0 Å². The van der Waals surface area contributed by atoms with Crippen LogP contribution < -0.4 is 10.1 Å². The minimum atomic E-state index is -2.78. The average molecular weight is 255 g/mol. The van der Waals surface area contributed by atoms with E-state index in [4.69, 9.17) is 0 Å². The van der Waals surface area contributed by atoms with E-state index in [2.05, 4.69) is 16.6 Å². The Kier molecular flexibility index (Phi) is 6.36. The summed E-state index contributed by atoms with van der Waals surface area (Å²) < 4.78 is 28.4. The van der Waals surface area contributed by atoms with Crippen LogP contribution in [0, 0.1) is 0 Å². The van der Waals surface area contributed by atoms with Gasteiger partial charge in [-0.1, -0.05) is 25.1 Å². The summed E-state index contributed by atoms with van der Waals surface area (Å²) in [6.07, 6.45) is 3.72. The number of halogens is 2. The van der Waals surface area contributed by atoms with Crippen LogP contribution in [0.3, 0.4) is 0 Å². The highest BCUT2D eigenvalue weighted by atomic mass is 19.3. The summed E-state index contributed by atoms with van der Waals surface area (Å²) in [6.45, 7) is 3.82.